The average Bonchev–Trinajstić information content (AvgIpc) is 4.41. The molecule has 0 spiro atoms. The molecule has 0 radical (unpaired) electrons. The molecule has 4 heterocycles. The minimum absolute atomic E-state index is 0.273. The molecule has 80 heavy (non-hydrogen) atoms. The molecular weight excluding hydrogens is 973 g/mol. The van der Waals surface area contributed by atoms with Gasteiger partial charge in [0.25, 0.3) is 0 Å². The molecule has 0 atom stereocenters. The van der Waals surface area contributed by atoms with E-state index in [0.29, 0.717) is 22.6 Å². The first-order valence-electron chi connectivity index (χ1n) is 27.5. The molecule has 0 saturated heterocycles. The number of benzene rings is 11. The van der Waals surface area contributed by atoms with Crippen LogP contribution in [0, 0.1) is 17.9 Å². The molecule has 11 aromatic carbocycles. The SMILES string of the molecule is [C-]#[N+]c1cc(-n2c3cc(-n4c5ccccc5c5ccccc54)ccc3c3cc4c(cc32)C(C)(C)c2ccccc2-4)c(C#N)cc1-n1c2cc(-n3c4ccccc4c4ccccc43)ccc2c2cc3c(cc21)C(C)(C)c1ccccc1-3. The van der Waals surface area contributed by atoms with E-state index in [9.17, 15) is 11.8 Å². The second kappa shape index (κ2) is 15.6. The topological polar surface area (TPSA) is 47.9 Å². The Hall–Kier alpha value is -10.4. The lowest BCUT2D eigenvalue weighted by atomic mass is 9.82. The smallest absolute Gasteiger partial charge is 0.212 e. The summed E-state index contributed by atoms with van der Waals surface area (Å²) in [6.07, 6.45) is 0. The molecule has 6 heteroatoms. The molecule has 374 valence electrons. The highest BCUT2D eigenvalue weighted by atomic mass is 15.0. The molecule has 0 N–H and O–H groups in total. The third-order valence-corrected chi connectivity index (χ3v) is 18.4. The predicted octanol–water partition coefficient (Wildman–Crippen LogP) is 19.1. The minimum atomic E-state index is -0.274. The van der Waals surface area contributed by atoms with E-state index in [0.717, 1.165) is 77.1 Å². The van der Waals surface area contributed by atoms with Crippen LogP contribution in [0.25, 0.3) is 137 Å². The van der Waals surface area contributed by atoms with Crippen molar-refractivity contribution in [2.45, 2.75) is 38.5 Å². The van der Waals surface area contributed by atoms with Gasteiger partial charge in [-0.3, -0.25) is 0 Å². The van der Waals surface area contributed by atoms with Gasteiger partial charge in [0.15, 0.2) is 0 Å². The van der Waals surface area contributed by atoms with Gasteiger partial charge in [0.1, 0.15) is 6.07 Å². The molecular formula is C74H48N6. The Labute approximate surface area is 461 Å². The van der Waals surface area contributed by atoms with Crippen molar-refractivity contribution in [3.63, 3.8) is 0 Å². The molecule has 15 aromatic rings. The molecule has 0 aliphatic heterocycles. The summed E-state index contributed by atoms with van der Waals surface area (Å²) in [6, 6.07) is 81.8. The van der Waals surface area contributed by atoms with E-state index < -0.39 is 0 Å². The minimum Gasteiger partial charge on any atom is -0.319 e. The molecule has 0 unspecified atom stereocenters. The molecule has 0 bridgehead atoms. The number of hydrogen-bond acceptors (Lipinski definition) is 1. The molecule has 17 rings (SSSR count). The van der Waals surface area contributed by atoms with Crippen LogP contribution in [0.5, 0.6) is 0 Å². The van der Waals surface area contributed by atoms with Gasteiger partial charge in [-0.15, -0.1) is 0 Å². The molecule has 6 nitrogen and oxygen atoms in total. The van der Waals surface area contributed by atoms with Crippen LogP contribution in [-0.2, 0) is 10.8 Å². The number of rotatable bonds is 4. The maximum atomic E-state index is 11.8. The summed E-state index contributed by atoms with van der Waals surface area (Å²) in [6.45, 7) is 18.5. The van der Waals surface area contributed by atoms with Crippen molar-refractivity contribution < 1.29 is 0 Å². The quantitative estimate of drug-likeness (QED) is 0.162. The molecule has 0 amide bonds. The second-order valence-electron chi connectivity index (χ2n) is 23.1. The lowest BCUT2D eigenvalue weighted by Crippen LogP contribution is -2.15. The largest absolute Gasteiger partial charge is 0.319 e. The fraction of sp³-hybridized carbons (Fsp3) is 0.0811. The van der Waals surface area contributed by atoms with Crippen LogP contribution in [0.15, 0.2) is 218 Å². The molecule has 0 fully saturated rings. The van der Waals surface area contributed by atoms with Gasteiger partial charge in [0, 0.05) is 65.3 Å². The van der Waals surface area contributed by atoms with Crippen molar-refractivity contribution in [1.82, 2.24) is 18.3 Å². The normalized spacial score (nSPS) is 13.9. The highest BCUT2D eigenvalue weighted by molar-refractivity contribution is 6.16. The van der Waals surface area contributed by atoms with Gasteiger partial charge in [0.2, 0.25) is 5.69 Å². The van der Waals surface area contributed by atoms with E-state index in [1.165, 1.54) is 66.1 Å². The fourth-order valence-electron chi connectivity index (χ4n) is 14.7. The van der Waals surface area contributed by atoms with Gasteiger partial charge >= 0.3 is 0 Å². The van der Waals surface area contributed by atoms with Crippen molar-refractivity contribution in [2.24, 2.45) is 0 Å². The maximum Gasteiger partial charge on any atom is 0.212 e. The maximum absolute atomic E-state index is 11.8. The Morgan fingerprint density at radius 3 is 1.14 bits per heavy atom. The third kappa shape index (κ3) is 5.69. The van der Waals surface area contributed by atoms with Crippen LogP contribution in [0.3, 0.4) is 0 Å². The zero-order valence-electron chi connectivity index (χ0n) is 44.5. The van der Waals surface area contributed by atoms with E-state index in [2.05, 4.69) is 263 Å². The first-order chi connectivity index (χ1) is 39.1. The Kier molecular flexibility index (Phi) is 8.74. The molecule has 2 aliphatic rings. The summed E-state index contributed by atoms with van der Waals surface area (Å²) in [5.74, 6) is 0. The first-order valence-corrected chi connectivity index (χ1v) is 27.5. The van der Waals surface area contributed by atoms with Crippen LogP contribution in [-0.4, -0.2) is 18.3 Å². The van der Waals surface area contributed by atoms with E-state index >= 15 is 0 Å². The van der Waals surface area contributed by atoms with Crippen molar-refractivity contribution in [2.75, 3.05) is 0 Å². The third-order valence-electron chi connectivity index (χ3n) is 18.4. The Morgan fingerprint density at radius 1 is 0.338 bits per heavy atom. The van der Waals surface area contributed by atoms with Crippen molar-refractivity contribution >= 4 is 92.9 Å². The Balaban J connectivity index is 0.964. The second-order valence-corrected chi connectivity index (χ2v) is 23.1. The summed E-state index contributed by atoms with van der Waals surface area (Å²) in [4.78, 5) is 4.47. The number of aromatic nitrogens is 4. The van der Waals surface area contributed by atoms with E-state index in [4.69, 9.17) is 0 Å². The van der Waals surface area contributed by atoms with Crippen LogP contribution in [0.1, 0.15) is 55.5 Å². The molecule has 4 aromatic heterocycles. The summed E-state index contributed by atoms with van der Waals surface area (Å²) in [7, 11) is 0. The summed E-state index contributed by atoms with van der Waals surface area (Å²) < 4.78 is 9.27. The molecule has 0 saturated carbocycles. The predicted molar refractivity (Wildman–Crippen MR) is 330 cm³/mol. The van der Waals surface area contributed by atoms with Gasteiger partial charge in [-0.05, 0) is 129 Å². The monoisotopic (exact) mass is 1020 g/mol. The number of hydrogen-bond donors (Lipinski definition) is 0. The summed E-state index contributed by atoms with van der Waals surface area (Å²) in [5, 5.41) is 20.9. The van der Waals surface area contributed by atoms with Gasteiger partial charge in [-0.1, -0.05) is 161 Å². The fourth-order valence-corrected chi connectivity index (χ4v) is 14.7. The Morgan fingerprint density at radius 2 is 0.713 bits per heavy atom. The van der Waals surface area contributed by atoms with Crippen molar-refractivity contribution in [3.8, 4) is 51.1 Å². The van der Waals surface area contributed by atoms with Crippen LogP contribution in [0.4, 0.5) is 5.69 Å². The lowest BCUT2D eigenvalue weighted by molar-refractivity contribution is 0.661. The van der Waals surface area contributed by atoms with Crippen molar-refractivity contribution in [3.05, 3.63) is 258 Å². The average molecular weight is 1020 g/mol. The Bertz CT molecular complexity index is 4960. The highest BCUT2D eigenvalue weighted by Gasteiger charge is 2.38. The van der Waals surface area contributed by atoms with Gasteiger partial charge in [-0.25, -0.2) is 4.85 Å². The number of fused-ring (bicyclic) bond motifs is 18. The van der Waals surface area contributed by atoms with Crippen molar-refractivity contribution in [1.29, 1.82) is 5.26 Å². The van der Waals surface area contributed by atoms with Gasteiger partial charge in [0.05, 0.1) is 67.6 Å². The van der Waals surface area contributed by atoms with E-state index in [-0.39, 0.29) is 10.8 Å². The van der Waals surface area contributed by atoms with E-state index in [1.54, 1.807) is 0 Å². The summed E-state index contributed by atoms with van der Waals surface area (Å²) in [5.41, 5.74) is 22.1. The zero-order valence-corrected chi connectivity index (χ0v) is 44.5. The zero-order chi connectivity index (χ0) is 53.5. The molecule has 2 aliphatic carbocycles. The van der Waals surface area contributed by atoms with E-state index in [1.807, 2.05) is 12.1 Å². The number of para-hydroxylation sites is 4. The highest BCUT2D eigenvalue weighted by Crippen LogP contribution is 2.54. The van der Waals surface area contributed by atoms with Gasteiger partial charge < -0.3 is 18.3 Å². The summed E-state index contributed by atoms with van der Waals surface area (Å²) >= 11 is 0. The lowest BCUT2D eigenvalue weighted by Gasteiger charge is -2.22. The van der Waals surface area contributed by atoms with Crippen LogP contribution in [0.2, 0.25) is 0 Å². The van der Waals surface area contributed by atoms with Crippen LogP contribution < -0.4 is 0 Å². The van der Waals surface area contributed by atoms with Gasteiger partial charge in [-0.2, -0.15) is 5.26 Å². The standard InChI is InChI=1S/C74H48N6/c1-73(2)58-24-12-6-18-46(58)54-37-56-52-32-30-44(77-63-26-14-8-20-48(63)49-21-9-15-27-64(49)77)35-68(52)79(70(56)39-60(54)73)67-41-62(76-5)72(34-43(67)42-75)80-69-36-45(78-65-28-16-10-22-50(65)51-23-11-17-29-66(51)78)31-33-53(69)57-38-55-47-19-7-13-25-59(47)74(3,4)61(55)40-71(57)80/h6-41H,1-4H3. The number of nitrogens with zero attached hydrogens (tertiary/aromatic N) is 6. The first kappa shape index (κ1) is 44.7. The van der Waals surface area contributed by atoms with Crippen LogP contribution >= 0.6 is 0 Å². The number of nitriles is 1.